The number of hydrogen-bond donors (Lipinski definition) is 0. The monoisotopic (exact) mass is 632 g/mol. The fourth-order valence-corrected chi connectivity index (χ4v) is 6.61. The number of aromatic nitrogens is 1. The van der Waals surface area contributed by atoms with Gasteiger partial charge in [-0.2, -0.15) is 0 Å². The topological polar surface area (TPSA) is 87.0 Å². The van der Waals surface area contributed by atoms with Crippen LogP contribution in [0.1, 0.15) is 83.7 Å². The summed E-state index contributed by atoms with van der Waals surface area (Å²) in [5.41, 5.74) is 3.21. The van der Waals surface area contributed by atoms with E-state index in [2.05, 4.69) is 48.1 Å². The largest absolute Gasteiger partial charge is 0.458 e. The van der Waals surface area contributed by atoms with Crippen molar-refractivity contribution in [2.75, 3.05) is 12.9 Å². The minimum atomic E-state index is -0.705. The minimum Gasteiger partial charge on any atom is -0.458 e. The molecule has 44 heavy (non-hydrogen) atoms. The van der Waals surface area contributed by atoms with Crippen molar-refractivity contribution < 1.29 is 19.1 Å². The highest BCUT2D eigenvalue weighted by Crippen LogP contribution is 2.41. The van der Waals surface area contributed by atoms with Crippen molar-refractivity contribution in [3.63, 3.8) is 0 Å². The lowest BCUT2D eigenvalue weighted by Crippen LogP contribution is -2.40. The molecule has 0 fully saturated rings. The maximum Gasteiger partial charge on any atom is 0.338 e. The third-order valence-corrected chi connectivity index (χ3v) is 9.00. The molecule has 1 unspecified atom stereocenters. The summed E-state index contributed by atoms with van der Waals surface area (Å²) in [6, 6.07) is 11.1. The number of thiazole rings is 1. The number of benzene rings is 2. The van der Waals surface area contributed by atoms with E-state index in [0.717, 1.165) is 27.1 Å². The van der Waals surface area contributed by atoms with Crippen LogP contribution in [0.5, 0.6) is 5.75 Å². The molecule has 0 saturated carbocycles. The van der Waals surface area contributed by atoms with Crippen LogP contribution < -0.4 is 19.6 Å². The van der Waals surface area contributed by atoms with E-state index in [1.165, 1.54) is 24.3 Å². The molecule has 1 aromatic heterocycles. The molecular weight excluding hydrogens is 593 g/mol. The maximum absolute atomic E-state index is 14.2. The molecule has 4 rings (SSSR count). The van der Waals surface area contributed by atoms with Gasteiger partial charge < -0.3 is 9.47 Å². The van der Waals surface area contributed by atoms with Crippen molar-refractivity contribution in [2.45, 2.75) is 77.2 Å². The van der Waals surface area contributed by atoms with Crippen LogP contribution in [0, 0.1) is 0 Å². The van der Waals surface area contributed by atoms with E-state index in [-0.39, 0.29) is 29.0 Å². The molecule has 0 N–H and O–H groups in total. The Bertz CT molecular complexity index is 1800. The number of rotatable bonds is 7. The van der Waals surface area contributed by atoms with Gasteiger partial charge in [-0.3, -0.25) is 14.2 Å². The second-order valence-corrected chi connectivity index (χ2v) is 14.7. The average molecular weight is 633 g/mol. The summed E-state index contributed by atoms with van der Waals surface area (Å²) in [5.74, 6) is -0.362. The minimum absolute atomic E-state index is 0.0493. The fraction of sp³-hybridized carbons (Fsp3) is 0.371. The quantitative estimate of drug-likeness (QED) is 0.133. The molecule has 0 spiro atoms. The van der Waals surface area contributed by atoms with Gasteiger partial charge in [0.15, 0.2) is 4.80 Å². The van der Waals surface area contributed by atoms with Crippen LogP contribution in [0.25, 0.3) is 6.08 Å². The number of hydrogen-bond acceptors (Lipinski definition) is 8. The first kappa shape index (κ1) is 33.2. The van der Waals surface area contributed by atoms with Crippen LogP contribution in [-0.4, -0.2) is 29.4 Å². The normalized spacial score (nSPS) is 15.5. The van der Waals surface area contributed by atoms with Crippen molar-refractivity contribution in [3.05, 3.63) is 102 Å². The summed E-state index contributed by atoms with van der Waals surface area (Å²) >= 11 is 2.89. The second-order valence-electron chi connectivity index (χ2n) is 12.8. The average Bonchev–Trinajstić information content (AvgIpc) is 3.24. The number of carbonyl (C=O) groups excluding carboxylic acids is 2. The van der Waals surface area contributed by atoms with Gasteiger partial charge in [0, 0.05) is 22.9 Å². The van der Waals surface area contributed by atoms with Gasteiger partial charge in [-0.05, 0) is 65.5 Å². The molecule has 1 aliphatic rings. The third kappa shape index (κ3) is 6.84. The molecule has 2 heterocycles. The van der Waals surface area contributed by atoms with Gasteiger partial charge in [-0.15, -0.1) is 11.8 Å². The Hall–Kier alpha value is -3.69. The summed E-state index contributed by atoms with van der Waals surface area (Å²) < 4.78 is 13.3. The van der Waals surface area contributed by atoms with Gasteiger partial charge >= 0.3 is 11.9 Å². The summed E-state index contributed by atoms with van der Waals surface area (Å²) in [5, 5.41) is 0. The zero-order valence-electron chi connectivity index (χ0n) is 26.9. The van der Waals surface area contributed by atoms with Crippen molar-refractivity contribution in [3.8, 4) is 5.75 Å². The predicted molar refractivity (Wildman–Crippen MR) is 178 cm³/mol. The van der Waals surface area contributed by atoms with E-state index in [9.17, 15) is 14.4 Å². The molecule has 1 aliphatic heterocycles. The smallest absolute Gasteiger partial charge is 0.338 e. The molecule has 0 aliphatic carbocycles. The Balaban J connectivity index is 1.99. The number of carbonyl (C=O) groups is 2. The molecule has 0 radical (unpaired) electrons. The second kappa shape index (κ2) is 12.7. The van der Waals surface area contributed by atoms with E-state index in [4.69, 9.17) is 14.5 Å². The number of ether oxygens (including phenoxy) is 2. The highest BCUT2D eigenvalue weighted by Gasteiger charge is 2.34. The van der Waals surface area contributed by atoms with Gasteiger partial charge in [0.2, 0.25) is 0 Å². The third-order valence-electron chi connectivity index (χ3n) is 7.28. The van der Waals surface area contributed by atoms with Crippen molar-refractivity contribution >= 4 is 41.1 Å². The number of esters is 2. The van der Waals surface area contributed by atoms with Gasteiger partial charge in [0.25, 0.3) is 5.56 Å². The lowest BCUT2D eigenvalue weighted by atomic mass is 9.78. The van der Waals surface area contributed by atoms with Crippen LogP contribution in [0.15, 0.2) is 75.0 Å². The van der Waals surface area contributed by atoms with Crippen LogP contribution in [0.4, 0.5) is 0 Å². The van der Waals surface area contributed by atoms with E-state index in [1.54, 1.807) is 23.3 Å². The predicted octanol–water partition coefficient (Wildman–Crippen LogP) is 6.21. The molecule has 0 bridgehead atoms. The van der Waals surface area contributed by atoms with Crippen molar-refractivity contribution in [1.82, 2.24) is 4.57 Å². The van der Waals surface area contributed by atoms with Crippen molar-refractivity contribution in [2.24, 2.45) is 4.99 Å². The van der Waals surface area contributed by atoms with Gasteiger partial charge in [0.1, 0.15) is 12.4 Å². The molecule has 0 saturated heterocycles. The first-order valence-electron chi connectivity index (χ1n) is 14.4. The molecule has 7 nitrogen and oxygen atoms in total. The Morgan fingerprint density at radius 1 is 1.07 bits per heavy atom. The molecule has 2 aromatic carbocycles. The van der Waals surface area contributed by atoms with E-state index < -0.39 is 12.0 Å². The molecule has 3 aromatic rings. The summed E-state index contributed by atoms with van der Waals surface area (Å²) in [4.78, 5) is 45.9. The van der Waals surface area contributed by atoms with Crippen LogP contribution in [0.2, 0.25) is 0 Å². The lowest BCUT2D eigenvalue weighted by molar-refractivity contribution is -0.138. The summed E-state index contributed by atoms with van der Waals surface area (Å²) in [6.45, 7) is 19.3. The van der Waals surface area contributed by atoms with Crippen LogP contribution in [-0.2, 0) is 25.2 Å². The Morgan fingerprint density at radius 2 is 1.66 bits per heavy atom. The molecular formula is C35H40N2O5S2. The van der Waals surface area contributed by atoms with Crippen molar-refractivity contribution in [1.29, 1.82) is 0 Å². The summed E-state index contributed by atoms with van der Waals surface area (Å²) in [7, 11) is 0. The molecule has 1 atom stereocenters. The van der Waals surface area contributed by atoms with Crippen LogP contribution in [0.3, 0.4) is 0 Å². The van der Waals surface area contributed by atoms with Gasteiger partial charge in [0.05, 0.1) is 21.8 Å². The molecule has 9 heteroatoms. The number of nitrogens with zero attached hydrogens (tertiary/aromatic N) is 2. The molecule has 232 valence electrons. The van der Waals surface area contributed by atoms with E-state index >= 15 is 0 Å². The van der Waals surface area contributed by atoms with E-state index in [1.807, 2.05) is 48.7 Å². The molecule has 0 amide bonds. The first-order valence-corrected chi connectivity index (χ1v) is 16.4. The first-order chi connectivity index (χ1) is 20.6. The van der Waals surface area contributed by atoms with E-state index in [0.29, 0.717) is 26.4 Å². The Morgan fingerprint density at radius 3 is 2.16 bits per heavy atom. The number of allylic oxidation sites excluding steroid dienone is 1. The maximum atomic E-state index is 14.2. The zero-order chi connectivity index (χ0) is 32.6. The fourth-order valence-electron chi connectivity index (χ4n) is 5.15. The van der Waals surface area contributed by atoms with Gasteiger partial charge in [-0.1, -0.05) is 77.7 Å². The highest BCUT2D eigenvalue weighted by molar-refractivity contribution is 7.98. The zero-order valence-corrected chi connectivity index (χ0v) is 28.5. The summed E-state index contributed by atoms with van der Waals surface area (Å²) in [6.07, 6.45) is 5.36. The number of fused-ring (bicyclic) bond motifs is 1. The number of thioether (sulfide) groups is 1. The highest BCUT2D eigenvalue weighted by atomic mass is 32.2. The van der Waals surface area contributed by atoms with Crippen LogP contribution >= 0.6 is 23.1 Å². The Kier molecular flexibility index (Phi) is 9.61. The lowest BCUT2D eigenvalue weighted by Gasteiger charge is -2.29. The Labute approximate surface area is 267 Å². The standard InChI is InChI=1S/C35H40N2O5S2/c1-11-16-41-32(40)28-20(2)36-33-37(29(28)23-12-14-24(43-10)15-13-23)31(39)27(44-33)19-22-17-25(34(4,5)6)30(42-21(3)38)26(18-22)35(7,8)9/h11-15,17-19,29H,1,16H2,2-10H3. The van der Waals surface area contributed by atoms with Gasteiger partial charge in [-0.25, -0.2) is 9.79 Å². The SMILES string of the molecule is C=CCOC(=O)C1=C(C)N=c2sc(=Cc3cc(C(C)(C)C)c(OC(C)=O)c(C(C)(C)C)c3)c(=O)n2C1c1ccc(SC)cc1.